The lowest BCUT2D eigenvalue weighted by Gasteiger charge is -2.26. The zero-order valence-corrected chi connectivity index (χ0v) is 20.1. The van der Waals surface area contributed by atoms with E-state index >= 15 is 0 Å². The smallest absolute Gasteiger partial charge is 0.243 e. The summed E-state index contributed by atoms with van der Waals surface area (Å²) in [5, 5.41) is 3.81. The largest absolute Gasteiger partial charge is 0.324 e. The molecule has 4 rings (SSSR count). The molecule has 10 heteroatoms. The van der Waals surface area contributed by atoms with Gasteiger partial charge in [0.2, 0.25) is 15.9 Å². The third kappa shape index (κ3) is 4.80. The molecule has 1 aliphatic rings. The number of rotatable bonds is 7. The third-order valence-electron chi connectivity index (χ3n) is 5.43. The number of nitrogens with zero attached hydrogens (tertiary/aromatic N) is 3. The van der Waals surface area contributed by atoms with Gasteiger partial charge in [-0.05, 0) is 50.1 Å². The number of aryl methyl sites for hydroxylation is 1. The van der Waals surface area contributed by atoms with Crippen molar-refractivity contribution < 1.29 is 13.2 Å². The summed E-state index contributed by atoms with van der Waals surface area (Å²) in [4.78, 5) is 17.4. The Kier molecular flexibility index (Phi) is 7.09. The van der Waals surface area contributed by atoms with Crippen LogP contribution in [0.4, 0.5) is 5.69 Å². The molecule has 1 fully saturated rings. The Bertz CT molecular complexity index is 1240. The van der Waals surface area contributed by atoms with Gasteiger partial charge in [-0.15, -0.1) is 0 Å². The predicted octanol–water partition coefficient (Wildman–Crippen LogP) is 4.62. The Balaban J connectivity index is 1.47. The van der Waals surface area contributed by atoms with E-state index in [0.717, 1.165) is 42.0 Å². The highest BCUT2D eigenvalue weighted by molar-refractivity contribution is 7.99. The quantitative estimate of drug-likeness (QED) is 0.487. The van der Waals surface area contributed by atoms with Crippen molar-refractivity contribution in [1.82, 2.24) is 13.9 Å². The van der Waals surface area contributed by atoms with Crippen molar-refractivity contribution in [3.8, 4) is 0 Å². The third-order valence-corrected chi connectivity index (χ3v) is 8.63. The highest BCUT2D eigenvalue weighted by Gasteiger charge is 2.26. The van der Waals surface area contributed by atoms with Gasteiger partial charge in [0.25, 0.3) is 0 Å². The molecule has 1 amide bonds. The number of para-hydroxylation sites is 2. The van der Waals surface area contributed by atoms with Crippen LogP contribution in [0.3, 0.4) is 0 Å². The molecule has 3 aromatic rings. The van der Waals surface area contributed by atoms with Crippen molar-refractivity contribution >= 4 is 56.0 Å². The van der Waals surface area contributed by atoms with Crippen molar-refractivity contribution in [2.45, 2.75) is 42.8 Å². The second-order valence-corrected chi connectivity index (χ2v) is 10.9. The van der Waals surface area contributed by atoms with Gasteiger partial charge in [0, 0.05) is 19.6 Å². The minimum absolute atomic E-state index is 0.128. The van der Waals surface area contributed by atoms with Gasteiger partial charge in [-0.1, -0.05) is 41.9 Å². The number of sulfonamides is 1. The Morgan fingerprint density at radius 2 is 1.91 bits per heavy atom. The van der Waals surface area contributed by atoms with Crippen LogP contribution in [0.15, 0.2) is 52.5 Å². The van der Waals surface area contributed by atoms with Crippen molar-refractivity contribution in [2.75, 3.05) is 24.2 Å². The zero-order valence-electron chi connectivity index (χ0n) is 17.8. The van der Waals surface area contributed by atoms with Crippen LogP contribution in [0.2, 0.25) is 5.02 Å². The van der Waals surface area contributed by atoms with E-state index < -0.39 is 10.0 Å². The molecular weight excluding hydrogens is 468 g/mol. The minimum atomic E-state index is -3.61. The normalized spacial score (nSPS) is 15.2. The first-order valence-electron chi connectivity index (χ1n) is 10.6. The number of fused-ring (bicyclic) bond motifs is 1. The lowest BCUT2D eigenvalue weighted by atomic mass is 10.2. The summed E-state index contributed by atoms with van der Waals surface area (Å²) >= 11 is 7.58. The lowest BCUT2D eigenvalue weighted by Crippen LogP contribution is -2.35. The highest BCUT2D eigenvalue weighted by atomic mass is 35.5. The standard InChI is InChI=1S/C22H25ClN4O3S2/c1-2-27-20-9-5-4-8-18(20)25-22(27)31-15-21(28)24-19-14-16(10-11-17(19)23)32(29,30)26-12-6-3-7-13-26/h4-5,8-11,14H,2-3,6-7,12-13,15H2,1H3,(H,24,28). The van der Waals surface area contributed by atoms with E-state index in [0.29, 0.717) is 23.8 Å². The predicted molar refractivity (Wildman–Crippen MR) is 129 cm³/mol. The highest BCUT2D eigenvalue weighted by Crippen LogP contribution is 2.29. The van der Waals surface area contributed by atoms with Crippen LogP contribution >= 0.6 is 23.4 Å². The second kappa shape index (κ2) is 9.82. The molecule has 7 nitrogen and oxygen atoms in total. The average Bonchev–Trinajstić information content (AvgIpc) is 3.17. The number of amides is 1. The maximum Gasteiger partial charge on any atom is 0.243 e. The summed E-state index contributed by atoms with van der Waals surface area (Å²) in [5.41, 5.74) is 2.20. The summed E-state index contributed by atoms with van der Waals surface area (Å²) in [6.07, 6.45) is 2.75. The van der Waals surface area contributed by atoms with Gasteiger partial charge in [-0.25, -0.2) is 13.4 Å². The molecular formula is C22H25ClN4O3S2. The van der Waals surface area contributed by atoms with E-state index in [1.165, 1.54) is 34.3 Å². The number of benzene rings is 2. The van der Waals surface area contributed by atoms with Gasteiger partial charge >= 0.3 is 0 Å². The van der Waals surface area contributed by atoms with Crippen molar-refractivity contribution in [3.63, 3.8) is 0 Å². The van der Waals surface area contributed by atoms with Crippen molar-refractivity contribution in [3.05, 3.63) is 47.5 Å². The SMILES string of the molecule is CCn1c(SCC(=O)Nc2cc(S(=O)(=O)N3CCCCC3)ccc2Cl)nc2ccccc21. The number of anilines is 1. The van der Waals surface area contributed by atoms with E-state index in [9.17, 15) is 13.2 Å². The monoisotopic (exact) mass is 492 g/mol. The number of piperidine rings is 1. The molecule has 0 bridgehead atoms. The van der Waals surface area contributed by atoms with E-state index in [1.54, 1.807) is 0 Å². The van der Waals surface area contributed by atoms with E-state index in [4.69, 9.17) is 11.6 Å². The number of hydrogen-bond acceptors (Lipinski definition) is 5. The van der Waals surface area contributed by atoms with E-state index in [-0.39, 0.29) is 16.6 Å². The van der Waals surface area contributed by atoms with Crippen LogP contribution in [0.25, 0.3) is 11.0 Å². The van der Waals surface area contributed by atoms with Crippen molar-refractivity contribution in [2.24, 2.45) is 0 Å². The molecule has 0 aliphatic carbocycles. The molecule has 170 valence electrons. The van der Waals surface area contributed by atoms with Crippen LogP contribution in [-0.2, 0) is 21.4 Å². The Hall–Kier alpha value is -2.07. The first-order chi connectivity index (χ1) is 15.4. The average molecular weight is 493 g/mol. The van der Waals surface area contributed by atoms with Gasteiger partial charge < -0.3 is 9.88 Å². The number of aromatic nitrogens is 2. The zero-order chi connectivity index (χ0) is 22.7. The fourth-order valence-corrected chi connectivity index (χ4v) is 6.39. The molecule has 1 N–H and O–H groups in total. The number of hydrogen-bond donors (Lipinski definition) is 1. The summed E-state index contributed by atoms with van der Waals surface area (Å²) in [6, 6.07) is 12.3. The van der Waals surface area contributed by atoms with Crippen molar-refractivity contribution in [1.29, 1.82) is 0 Å². The molecule has 1 saturated heterocycles. The maximum absolute atomic E-state index is 13.0. The maximum atomic E-state index is 13.0. The van der Waals surface area contributed by atoms with Crippen LogP contribution in [0, 0.1) is 0 Å². The van der Waals surface area contributed by atoms with Crippen LogP contribution < -0.4 is 5.32 Å². The molecule has 0 saturated carbocycles. The fraction of sp³-hybridized carbons (Fsp3) is 0.364. The molecule has 1 aromatic heterocycles. The van der Waals surface area contributed by atoms with Crippen LogP contribution in [0.1, 0.15) is 26.2 Å². The first kappa shape index (κ1) is 23.1. The Labute approximate surface area is 197 Å². The Morgan fingerprint density at radius 1 is 1.16 bits per heavy atom. The number of imidazole rings is 1. The lowest BCUT2D eigenvalue weighted by molar-refractivity contribution is -0.113. The molecule has 2 heterocycles. The summed E-state index contributed by atoms with van der Waals surface area (Å²) in [7, 11) is -3.61. The second-order valence-electron chi connectivity index (χ2n) is 7.57. The number of halogens is 1. The van der Waals surface area contributed by atoms with Crippen LogP contribution in [-0.4, -0.2) is 47.0 Å². The number of thioether (sulfide) groups is 1. The van der Waals surface area contributed by atoms with Gasteiger partial charge in [-0.2, -0.15) is 4.31 Å². The Morgan fingerprint density at radius 3 is 2.66 bits per heavy atom. The number of nitrogens with one attached hydrogen (secondary N) is 1. The fourth-order valence-electron chi connectivity index (χ4n) is 3.80. The van der Waals surface area contributed by atoms with E-state index in [1.807, 2.05) is 31.2 Å². The van der Waals surface area contributed by atoms with Crippen LogP contribution in [0.5, 0.6) is 0 Å². The first-order valence-corrected chi connectivity index (χ1v) is 13.4. The molecule has 0 atom stereocenters. The molecule has 1 aliphatic heterocycles. The topological polar surface area (TPSA) is 84.3 Å². The summed E-state index contributed by atoms with van der Waals surface area (Å²) in [5.74, 6) is -0.151. The molecule has 0 spiro atoms. The van der Waals surface area contributed by atoms with E-state index in [2.05, 4.69) is 14.9 Å². The minimum Gasteiger partial charge on any atom is -0.324 e. The number of carbonyl (C=O) groups excluding carboxylic acids is 1. The molecule has 2 aromatic carbocycles. The summed E-state index contributed by atoms with van der Waals surface area (Å²) < 4.78 is 29.5. The molecule has 0 unspecified atom stereocenters. The number of carbonyl (C=O) groups is 1. The molecule has 32 heavy (non-hydrogen) atoms. The van der Waals surface area contributed by atoms with Gasteiger partial charge in [0.15, 0.2) is 5.16 Å². The summed E-state index contributed by atoms with van der Waals surface area (Å²) in [6.45, 7) is 3.81. The van der Waals surface area contributed by atoms with Gasteiger partial charge in [0.1, 0.15) is 0 Å². The van der Waals surface area contributed by atoms with Gasteiger partial charge in [-0.3, -0.25) is 4.79 Å². The van der Waals surface area contributed by atoms with Gasteiger partial charge in [0.05, 0.1) is 32.4 Å². The molecule has 0 radical (unpaired) electrons.